The van der Waals surface area contributed by atoms with Gasteiger partial charge in [-0.1, -0.05) is 184 Å². The Morgan fingerprint density at radius 3 is 1.83 bits per heavy atom. The lowest BCUT2D eigenvalue weighted by Gasteiger charge is -2.21. The normalized spacial score (nSPS) is 13.0. The fourth-order valence-electron chi connectivity index (χ4n) is 9.47. The van der Waals surface area contributed by atoms with Crippen LogP contribution in [0.1, 0.15) is 25.0 Å². The number of rotatable bonds is 5. The Bertz CT molecular complexity index is 3510. The third-order valence-electron chi connectivity index (χ3n) is 12.5. The molecule has 0 saturated carbocycles. The van der Waals surface area contributed by atoms with E-state index >= 15 is 0 Å². The predicted octanol–water partition coefficient (Wildman–Crippen LogP) is 15.2. The second-order valence-corrected chi connectivity index (χ2v) is 17.4. The summed E-state index contributed by atoms with van der Waals surface area (Å²) in [7, 11) is 0. The van der Waals surface area contributed by atoms with Crippen LogP contribution in [0.5, 0.6) is 0 Å². The molecule has 0 N–H and O–H groups in total. The fourth-order valence-corrected chi connectivity index (χ4v) is 10.8. The standard InChI is InChI=1S/C56H37N3S/c1-56(2)48-22-11-10-18-43(48)44-30-29-40(32-49(44)56)54-57-53(37-14-4-3-5-15-37)58-55(59-54)47-33-50-51(45-19-9-8-17-42(45)47)46-21-12-20-41(52(46)60-50)36-26-23-35(24-27-36)39-28-25-34-13-6-7-16-38(34)31-39/h3-33H,1-2H3. The largest absolute Gasteiger partial charge is 0.208 e. The van der Waals surface area contributed by atoms with Crippen molar-refractivity contribution in [2.75, 3.05) is 0 Å². The average Bonchev–Trinajstić information content (AvgIpc) is 3.80. The third-order valence-corrected chi connectivity index (χ3v) is 13.7. The molecule has 0 amide bonds. The second-order valence-electron chi connectivity index (χ2n) is 16.4. The zero-order chi connectivity index (χ0) is 40.0. The highest BCUT2D eigenvalue weighted by Crippen LogP contribution is 2.50. The van der Waals surface area contributed by atoms with Gasteiger partial charge in [-0.15, -0.1) is 11.3 Å². The molecule has 0 atom stereocenters. The first-order valence-corrected chi connectivity index (χ1v) is 21.3. The molecule has 0 radical (unpaired) electrons. The van der Waals surface area contributed by atoms with Crippen LogP contribution in [0.25, 0.3) is 109 Å². The van der Waals surface area contributed by atoms with E-state index in [2.05, 4.69) is 184 Å². The molecule has 60 heavy (non-hydrogen) atoms. The maximum Gasteiger partial charge on any atom is 0.164 e. The van der Waals surface area contributed by atoms with E-state index in [1.165, 1.54) is 80.8 Å². The Hall–Kier alpha value is -7.27. The van der Waals surface area contributed by atoms with E-state index in [4.69, 9.17) is 15.0 Å². The van der Waals surface area contributed by atoms with Crippen molar-refractivity contribution in [3.8, 4) is 67.5 Å². The van der Waals surface area contributed by atoms with E-state index in [0.717, 1.165) is 22.1 Å². The first kappa shape index (κ1) is 34.7. The monoisotopic (exact) mass is 783 g/mol. The van der Waals surface area contributed by atoms with Gasteiger partial charge in [0.05, 0.1) is 0 Å². The molecule has 12 rings (SSSR count). The number of benzene rings is 9. The summed E-state index contributed by atoms with van der Waals surface area (Å²) in [5.74, 6) is 2.00. The maximum absolute atomic E-state index is 5.33. The molecule has 0 bridgehead atoms. The summed E-state index contributed by atoms with van der Waals surface area (Å²) in [5, 5.41) is 7.35. The zero-order valence-electron chi connectivity index (χ0n) is 33.1. The van der Waals surface area contributed by atoms with Crippen molar-refractivity contribution in [1.82, 2.24) is 15.0 Å². The van der Waals surface area contributed by atoms with Crippen LogP contribution in [0.3, 0.4) is 0 Å². The van der Waals surface area contributed by atoms with Crippen LogP contribution < -0.4 is 0 Å². The van der Waals surface area contributed by atoms with E-state index in [1.54, 1.807) is 0 Å². The molecule has 1 aliphatic carbocycles. The van der Waals surface area contributed by atoms with Gasteiger partial charge in [-0.25, -0.2) is 15.0 Å². The number of hydrogen-bond donors (Lipinski definition) is 0. The SMILES string of the molecule is CC1(C)c2ccccc2-c2ccc(-c3nc(-c4ccccc4)nc(-c4cc5sc6c(-c7ccc(-c8ccc9ccccc9c8)cc7)cccc6c5c5ccccc45)n3)cc21. The molecule has 11 aromatic rings. The molecule has 0 aliphatic heterocycles. The molecule has 9 aromatic carbocycles. The van der Waals surface area contributed by atoms with Crippen molar-refractivity contribution in [1.29, 1.82) is 0 Å². The van der Waals surface area contributed by atoms with Gasteiger partial charge in [0, 0.05) is 42.3 Å². The van der Waals surface area contributed by atoms with E-state index in [0.29, 0.717) is 17.5 Å². The molecular formula is C56H37N3S. The number of thiophene rings is 1. The molecule has 2 heterocycles. The summed E-state index contributed by atoms with van der Waals surface area (Å²) in [4.78, 5) is 15.7. The van der Waals surface area contributed by atoms with Crippen LogP contribution in [0, 0.1) is 0 Å². The number of hydrogen-bond acceptors (Lipinski definition) is 4. The fraction of sp³-hybridized carbons (Fsp3) is 0.0536. The van der Waals surface area contributed by atoms with E-state index in [9.17, 15) is 0 Å². The number of fused-ring (bicyclic) bond motifs is 9. The Morgan fingerprint density at radius 1 is 0.367 bits per heavy atom. The highest BCUT2D eigenvalue weighted by atomic mass is 32.1. The van der Waals surface area contributed by atoms with Crippen molar-refractivity contribution >= 4 is 53.1 Å². The van der Waals surface area contributed by atoms with Gasteiger partial charge in [0.25, 0.3) is 0 Å². The Kier molecular flexibility index (Phi) is 7.75. The molecule has 1 aliphatic rings. The third kappa shape index (κ3) is 5.45. The first-order chi connectivity index (χ1) is 29.5. The molecule has 0 spiro atoms. The minimum atomic E-state index is -0.138. The van der Waals surface area contributed by atoms with Crippen molar-refractivity contribution in [2.24, 2.45) is 0 Å². The minimum absolute atomic E-state index is 0.138. The highest BCUT2D eigenvalue weighted by molar-refractivity contribution is 7.26. The van der Waals surface area contributed by atoms with Crippen LogP contribution in [0.15, 0.2) is 188 Å². The van der Waals surface area contributed by atoms with Gasteiger partial charge >= 0.3 is 0 Å². The first-order valence-electron chi connectivity index (χ1n) is 20.5. The van der Waals surface area contributed by atoms with Gasteiger partial charge in [0.2, 0.25) is 0 Å². The lowest BCUT2D eigenvalue weighted by Crippen LogP contribution is -2.15. The van der Waals surface area contributed by atoms with Crippen molar-refractivity contribution in [3.63, 3.8) is 0 Å². The summed E-state index contributed by atoms with van der Waals surface area (Å²) in [6.45, 7) is 4.63. The lowest BCUT2D eigenvalue weighted by molar-refractivity contribution is 0.660. The van der Waals surface area contributed by atoms with E-state index in [1.807, 2.05) is 29.5 Å². The molecular weight excluding hydrogens is 747 g/mol. The molecule has 4 heteroatoms. The lowest BCUT2D eigenvalue weighted by atomic mass is 9.82. The highest BCUT2D eigenvalue weighted by Gasteiger charge is 2.35. The number of nitrogens with zero attached hydrogens (tertiary/aromatic N) is 3. The van der Waals surface area contributed by atoms with Gasteiger partial charge in [-0.2, -0.15) is 0 Å². The van der Waals surface area contributed by atoms with Gasteiger partial charge in [0.1, 0.15) is 0 Å². The Morgan fingerprint density at radius 2 is 0.983 bits per heavy atom. The number of aromatic nitrogens is 3. The summed E-state index contributed by atoms with van der Waals surface area (Å²) < 4.78 is 2.48. The summed E-state index contributed by atoms with van der Waals surface area (Å²) >= 11 is 1.85. The molecule has 0 unspecified atom stereocenters. The van der Waals surface area contributed by atoms with Gasteiger partial charge in [-0.05, 0) is 84.3 Å². The smallest absolute Gasteiger partial charge is 0.164 e. The van der Waals surface area contributed by atoms with Crippen molar-refractivity contribution in [3.05, 3.63) is 199 Å². The molecule has 282 valence electrons. The molecule has 3 nitrogen and oxygen atoms in total. The average molecular weight is 784 g/mol. The van der Waals surface area contributed by atoms with E-state index in [-0.39, 0.29) is 5.41 Å². The van der Waals surface area contributed by atoms with Crippen LogP contribution >= 0.6 is 11.3 Å². The Labute approximate surface area is 352 Å². The Balaban J connectivity index is 1.01. The minimum Gasteiger partial charge on any atom is -0.208 e. The second kappa shape index (κ2) is 13.4. The molecule has 0 fully saturated rings. The zero-order valence-corrected chi connectivity index (χ0v) is 34.0. The van der Waals surface area contributed by atoms with Crippen LogP contribution in [0.4, 0.5) is 0 Å². The van der Waals surface area contributed by atoms with Crippen LogP contribution in [0.2, 0.25) is 0 Å². The van der Waals surface area contributed by atoms with Crippen molar-refractivity contribution in [2.45, 2.75) is 19.3 Å². The quantitative estimate of drug-likeness (QED) is 0.174. The van der Waals surface area contributed by atoms with E-state index < -0.39 is 0 Å². The topological polar surface area (TPSA) is 38.7 Å². The molecule has 2 aromatic heterocycles. The summed E-state index contributed by atoms with van der Waals surface area (Å²) in [5.41, 5.74) is 12.9. The van der Waals surface area contributed by atoms with Crippen LogP contribution in [-0.4, -0.2) is 15.0 Å². The van der Waals surface area contributed by atoms with Gasteiger partial charge < -0.3 is 0 Å². The summed E-state index contributed by atoms with van der Waals surface area (Å²) in [6.07, 6.45) is 0. The summed E-state index contributed by atoms with van der Waals surface area (Å²) in [6, 6.07) is 67.8. The van der Waals surface area contributed by atoms with Crippen LogP contribution in [-0.2, 0) is 5.41 Å². The van der Waals surface area contributed by atoms with Crippen molar-refractivity contribution < 1.29 is 0 Å². The molecule has 0 saturated heterocycles. The van der Waals surface area contributed by atoms with Gasteiger partial charge in [0.15, 0.2) is 17.5 Å². The van der Waals surface area contributed by atoms with Gasteiger partial charge in [-0.3, -0.25) is 0 Å². The maximum atomic E-state index is 5.33. The predicted molar refractivity (Wildman–Crippen MR) is 252 cm³/mol.